The number of fused-ring (bicyclic) bond motifs is 15. The van der Waals surface area contributed by atoms with E-state index in [1.807, 2.05) is 0 Å². The van der Waals surface area contributed by atoms with Crippen LogP contribution in [0, 0.1) is 47.3 Å². The third-order valence-corrected chi connectivity index (χ3v) is 12.8. The third-order valence-electron chi connectivity index (χ3n) is 9.22. The molecule has 0 spiro atoms. The Balaban J connectivity index is 1.26. The molecule has 0 amide bonds. The van der Waals surface area contributed by atoms with Crippen LogP contribution in [0.5, 0.6) is 0 Å². The van der Waals surface area contributed by atoms with E-state index in [4.69, 9.17) is 18.0 Å². The van der Waals surface area contributed by atoms with Crippen molar-refractivity contribution in [2.75, 3.05) is 19.8 Å². The average Bonchev–Trinajstić information content (AvgIpc) is 3.05. The summed E-state index contributed by atoms with van der Waals surface area (Å²) < 4.78 is 24.9. The number of rotatable bonds is 7. The molecule has 1 heterocycles. The maximum absolute atomic E-state index is 6.30. The van der Waals surface area contributed by atoms with E-state index >= 15 is 0 Å². The van der Waals surface area contributed by atoms with Crippen molar-refractivity contribution in [3.63, 3.8) is 0 Å². The molecule has 10 atom stereocenters. The Labute approximate surface area is 158 Å². The van der Waals surface area contributed by atoms with Crippen molar-refractivity contribution < 1.29 is 18.0 Å². The smallest absolute Gasteiger partial charge is 0.374 e. The van der Waals surface area contributed by atoms with Gasteiger partial charge in [-0.2, -0.15) is 0 Å². The van der Waals surface area contributed by atoms with Crippen molar-refractivity contribution in [3.8, 4) is 0 Å². The van der Waals surface area contributed by atoms with Crippen molar-refractivity contribution in [1.29, 1.82) is 0 Å². The highest BCUT2D eigenvalue weighted by atomic mass is 28.4. The fraction of sp³-hybridized carbons (Fsp3) is 1.00. The van der Waals surface area contributed by atoms with Crippen LogP contribution in [0.1, 0.15) is 46.5 Å². The van der Waals surface area contributed by atoms with Crippen LogP contribution in [-0.2, 0) is 18.0 Å². The molecule has 5 saturated carbocycles. The largest absolute Gasteiger partial charge is 0.504 e. The fourth-order valence-corrected chi connectivity index (χ4v) is 12.2. The van der Waals surface area contributed by atoms with Crippen LogP contribution < -0.4 is 0 Å². The Morgan fingerprint density at radius 3 is 1.58 bits per heavy atom. The monoisotopic (exact) mass is 378 g/mol. The minimum atomic E-state index is -2.54. The Bertz CT molecular complexity index is 533. The normalized spacial score (nSPS) is 55.3. The van der Waals surface area contributed by atoms with Crippen molar-refractivity contribution in [2.45, 2.75) is 64.2 Å². The number of ether oxygens (including phenoxy) is 1. The van der Waals surface area contributed by atoms with Gasteiger partial charge in [0.05, 0.1) is 12.2 Å². The van der Waals surface area contributed by atoms with Crippen LogP contribution in [0.3, 0.4) is 0 Å². The maximum Gasteiger partial charge on any atom is 0.504 e. The van der Waals surface area contributed by atoms with Gasteiger partial charge in [-0.25, -0.2) is 0 Å². The molecule has 1 aliphatic heterocycles. The number of epoxide rings is 1. The second-order valence-electron chi connectivity index (χ2n) is 9.75. The van der Waals surface area contributed by atoms with Gasteiger partial charge in [0.1, 0.15) is 0 Å². The predicted molar refractivity (Wildman–Crippen MR) is 99.4 cm³/mol. The molecule has 4 nitrogen and oxygen atoms in total. The minimum Gasteiger partial charge on any atom is -0.374 e. The van der Waals surface area contributed by atoms with Crippen molar-refractivity contribution in [1.82, 2.24) is 0 Å². The molecule has 0 N–H and O–H groups in total. The van der Waals surface area contributed by atoms with E-state index in [9.17, 15) is 0 Å². The van der Waals surface area contributed by atoms with Crippen LogP contribution >= 0.6 is 0 Å². The maximum atomic E-state index is 6.30. The van der Waals surface area contributed by atoms with E-state index in [-0.39, 0.29) is 0 Å². The molecule has 6 fully saturated rings. The summed E-state index contributed by atoms with van der Waals surface area (Å²) in [5.41, 5.74) is 0.532. The van der Waals surface area contributed by atoms with Crippen LogP contribution in [-0.4, -0.2) is 40.8 Å². The van der Waals surface area contributed by atoms with Gasteiger partial charge in [0.2, 0.25) is 0 Å². The molecular formula is C21H34O4Si. The van der Waals surface area contributed by atoms with Crippen LogP contribution in [0.4, 0.5) is 0 Å². The Kier molecular flexibility index (Phi) is 3.78. The highest BCUT2D eigenvalue weighted by Gasteiger charge is 2.76. The first-order valence-corrected chi connectivity index (χ1v) is 13.1. The second-order valence-corrected chi connectivity index (χ2v) is 12.6. The quantitative estimate of drug-likeness (QED) is 0.384. The van der Waals surface area contributed by atoms with Gasteiger partial charge in [0, 0.05) is 25.4 Å². The summed E-state index contributed by atoms with van der Waals surface area (Å²) in [6.45, 7) is 8.40. The molecule has 0 aromatic carbocycles. The van der Waals surface area contributed by atoms with Crippen molar-refractivity contribution in [3.05, 3.63) is 0 Å². The zero-order valence-corrected chi connectivity index (χ0v) is 17.4. The fourth-order valence-electron chi connectivity index (χ4n) is 8.94. The van der Waals surface area contributed by atoms with Gasteiger partial charge in [-0.1, -0.05) is 0 Å². The summed E-state index contributed by atoms with van der Waals surface area (Å²) in [5.74, 6) is 7.59. The Morgan fingerprint density at radius 2 is 1.12 bits per heavy atom. The summed E-state index contributed by atoms with van der Waals surface area (Å²) in [6, 6.07) is 0. The SMILES string of the molecule is CCO[Si](OCC)(OCC)C1CC2C(C1)C1CC2C2C3CC(C4OC34)C12. The van der Waals surface area contributed by atoms with Crippen molar-refractivity contribution in [2.24, 2.45) is 47.3 Å². The number of hydrogen-bond acceptors (Lipinski definition) is 4. The van der Waals surface area contributed by atoms with E-state index in [1.54, 1.807) is 0 Å². The molecule has 0 radical (unpaired) electrons. The van der Waals surface area contributed by atoms with E-state index in [1.165, 1.54) is 25.7 Å². The molecule has 1 saturated heterocycles. The minimum absolute atomic E-state index is 0.532. The van der Waals surface area contributed by atoms with E-state index in [0.29, 0.717) is 37.6 Å². The number of hydrogen-bond donors (Lipinski definition) is 0. The first kappa shape index (κ1) is 17.0. The summed E-state index contributed by atoms with van der Waals surface area (Å²) in [4.78, 5) is 0. The van der Waals surface area contributed by atoms with Crippen molar-refractivity contribution >= 4 is 8.80 Å². The molecule has 6 rings (SSSR count). The Morgan fingerprint density at radius 1 is 0.654 bits per heavy atom. The van der Waals surface area contributed by atoms with Gasteiger partial charge < -0.3 is 18.0 Å². The average molecular weight is 379 g/mol. The zero-order valence-electron chi connectivity index (χ0n) is 16.4. The van der Waals surface area contributed by atoms with Crippen LogP contribution in [0.2, 0.25) is 5.54 Å². The first-order chi connectivity index (χ1) is 12.7. The van der Waals surface area contributed by atoms with Gasteiger partial charge in [-0.3, -0.25) is 0 Å². The predicted octanol–water partition coefficient (Wildman–Crippen LogP) is 3.73. The topological polar surface area (TPSA) is 40.2 Å². The molecule has 0 aromatic heterocycles. The van der Waals surface area contributed by atoms with E-state index in [2.05, 4.69) is 20.8 Å². The van der Waals surface area contributed by atoms with Gasteiger partial charge >= 0.3 is 8.80 Å². The molecule has 26 heavy (non-hydrogen) atoms. The summed E-state index contributed by atoms with van der Waals surface area (Å²) in [5, 5.41) is 0. The molecule has 10 unspecified atom stereocenters. The standard InChI is InChI=1S/C21H34O4Si/c1-4-22-26(23-5-2,24-6-3)11-7-12-13(8-11)15-9-14(12)18-16-10-17(19(15)18)21-20(16)25-21/h11-21H,4-10H2,1-3H3. The summed E-state index contributed by atoms with van der Waals surface area (Å²) in [7, 11) is -2.54. The second kappa shape index (κ2) is 5.79. The van der Waals surface area contributed by atoms with E-state index in [0.717, 1.165) is 47.3 Å². The van der Waals surface area contributed by atoms with Crippen LogP contribution in [0.15, 0.2) is 0 Å². The molecular weight excluding hydrogens is 344 g/mol. The molecule has 6 aliphatic rings. The lowest BCUT2D eigenvalue weighted by Gasteiger charge is -2.39. The van der Waals surface area contributed by atoms with Gasteiger partial charge in [-0.05, 0) is 93.8 Å². The highest BCUT2D eigenvalue weighted by molar-refractivity contribution is 6.62. The molecule has 5 aliphatic carbocycles. The summed E-state index contributed by atoms with van der Waals surface area (Å²) in [6.07, 6.45) is 6.95. The van der Waals surface area contributed by atoms with Crippen LogP contribution in [0.25, 0.3) is 0 Å². The van der Waals surface area contributed by atoms with Gasteiger partial charge in [-0.15, -0.1) is 0 Å². The Hall–Kier alpha value is 0.0569. The molecule has 0 aromatic rings. The zero-order chi connectivity index (χ0) is 17.6. The lowest BCUT2D eigenvalue weighted by molar-refractivity contribution is 0.0598. The first-order valence-electron chi connectivity index (χ1n) is 11.3. The third kappa shape index (κ3) is 2.00. The highest BCUT2D eigenvalue weighted by Crippen LogP contribution is 2.77. The molecule has 4 bridgehead atoms. The van der Waals surface area contributed by atoms with Gasteiger partial charge in [0.15, 0.2) is 0 Å². The van der Waals surface area contributed by atoms with Gasteiger partial charge in [0.25, 0.3) is 0 Å². The summed E-state index contributed by atoms with van der Waals surface area (Å²) >= 11 is 0. The lowest BCUT2D eigenvalue weighted by atomic mass is 9.64. The van der Waals surface area contributed by atoms with E-state index < -0.39 is 8.80 Å². The molecule has 5 heteroatoms. The molecule has 146 valence electrons. The lowest BCUT2D eigenvalue weighted by Crippen LogP contribution is -2.50.